The number of rotatable bonds is 2. The van der Waals surface area contributed by atoms with Crippen LogP contribution in [0.3, 0.4) is 0 Å². The fraction of sp³-hybridized carbons (Fsp3) is 0.524. The first kappa shape index (κ1) is 19.0. The molecule has 1 aliphatic heterocycles. The second-order valence-corrected chi connectivity index (χ2v) is 7.84. The van der Waals surface area contributed by atoms with Crippen LogP contribution in [-0.2, 0) is 4.79 Å². The Morgan fingerprint density at radius 2 is 1.69 bits per heavy atom. The van der Waals surface area contributed by atoms with E-state index in [0.29, 0.717) is 36.8 Å². The summed E-state index contributed by atoms with van der Waals surface area (Å²) in [7, 11) is 0. The highest BCUT2D eigenvalue weighted by Crippen LogP contribution is 2.27. The molecule has 1 heterocycles. The molecule has 0 radical (unpaired) electrons. The van der Waals surface area contributed by atoms with E-state index < -0.39 is 0 Å². The molecule has 4 nitrogen and oxygen atoms in total. The van der Waals surface area contributed by atoms with Gasteiger partial charge >= 0.3 is 0 Å². The third kappa shape index (κ3) is 4.67. The van der Waals surface area contributed by atoms with Crippen LogP contribution in [0.4, 0.5) is 0 Å². The maximum absolute atomic E-state index is 12.7. The van der Waals surface area contributed by atoms with Gasteiger partial charge in [-0.1, -0.05) is 36.2 Å². The largest absolute Gasteiger partial charge is 0.337 e. The predicted octanol–water partition coefficient (Wildman–Crippen LogP) is 4.15. The van der Waals surface area contributed by atoms with Crippen molar-refractivity contribution in [3.05, 3.63) is 46.5 Å². The lowest BCUT2D eigenvalue weighted by Crippen LogP contribution is -2.37. The van der Waals surface area contributed by atoms with E-state index in [1.54, 1.807) is 12.1 Å². The van der Waals surface area contributed by atoms with Gasteiger partial charge < -0.3 is 9.80 Å². The van der Waals surface area contributed by atoms with Crippen molar-refractivity contribution in [1.29, 1.82) is 0 Å². The normalized spacial score (nSPS) is 21.3. The van der Waals surface area contributed by atoms with Crippen molar-refractivity contribution in [3.8, 4) is 0 Å². The van der Waals surface area contributed by atoms with Gasteiger partial charge in [-0.15, -0.1) is 0 Å². The number of carbonyl (C=O) groups is 2. The van der Waals surface area contributed by atoms with Crippen molar-refractivity contribution in [1.82, 2.24) is 9.80 Å². The summed E-state index contributed by atoms with van der Waals surface area (Å²) in [5, 5.41) is 0.478. The summed E-state index contributed by atoms with van der Waals surface area (Å²) in [4.78, 5) is 29.0. The third-order valence-corrected chi connectivity index (χ3v) is 5.77. The summed E-state index contributed by atoms with van der Waals surface area (Å²) in [6, 6.07) is 7.14. The maximum Gasteiger partial charge on any atom is 0.255 e. The molecule has 0 N–H and O–H groups in total. The average Bonchev–Trinajstić information content (AvgIpc) is 2.90. The van der Waals surface area contributed by atoms with Gasteiger partial charge in [0, 0.05) is 32.3 Å². The first-order valence-corrected chi connectivity index (χ1v) is 9.94. The van der Waals surface area contributed by atoms with Gasteiger partial charge in [0.15, 0.2) is 0 Å². The van der Waals surface area contributed by atoms with E-state index in [0.717, 1.165) is 25.2 Å². The van der Waals surface area contributed by atoms with Crippen molar-refractivity contribution >= 4 is 23.4 Å². The Bertz CT molecular complexity index is 691. The molecule has 26 heavy (non-hydrogen) atoms. The number of allylic oxidation sites excluding steroid dienone is 1. The van der Waals surface area contributed by atoms with Crippen molar-refractivity contribution in [3.63, 3.8) is 0 Å². The van der Waals surface area contributed by atoms with Crippen LogP contribution >= 0.6 is 11.6 Å². The Kier molecular flexibility index (Phi) is 6.36. The molecular formula is C21H27ClN2O2. The molecular weight excluding hydrogens is 348 g/mol. The molecule has 1 aromatic carbocycles. The number of benzene rings is 1. The third-order valence-electron chi connectivity index (χ3n) is 5.44. The molecule has 1 aliphatic carbocycles. The van der Waals surface area contributed by atoms with Crippen molar-refractivity contribution in [2.75, 3.05) is 26.2 Å². The van der Waals surface area contributed by atoms with Gasteiger partial charge in [0.1, 0.15) is 0 Å². The number of carbonyl (C=O) groups excluding carboxylic acids is 2. The van der Waals surface area contributed by atoms with Crippen LogP contribution in [0.25, 0.3) is 0 Å². The molecule has 3 rings (SSSR count). The molecule has 0 atom stereocenters. The second-order valence-electron chi connectivity index (χ2n) is 7.44. The predicted molar refractivity (Wildman–Crippen MR) is 104 cm³/mol. The molecule has 2 fully saturated rings. The lowest BCUT2D eigenvalue weighted by Gasteiger charge is -2.23. The highest BCUT2D eigenvalue weighted by atomic mass is 35.5. The van der Waals surface area contributed by atoms with E-state index in [-0.39, 0.29) is 11.8 Å². The lowest BCUT2D eigenvalue weighted by molar-refractivity contribution is -0.126. The summed E-state index contributed by atoms with van der Waals surface area (Å²) >= 11 is 6.16. The quantitative estimate of drug-likeness (QED) is 0.729. The highest BCUT2D eigenvalue weighted by Gasteiger charge is 2.23. The van der Waals surface area contributed by atoms with E-state index in [2.05, 4.69) is 6.92 Å². The van der Waals surface area contributed by atoms with Crippen LogP contribution in [0, 0.1) is 5.92 Å². The number of nitrogens with zero attached hydrogens (tertiary/aromatic N) is 2. The van der Waals surface area contributed by atoms with E-state index in [9.17, 15) is 9.59 Å². The maximum atomic E-state index is 12.7. The SMILES string of the molecule is CC1CCC(=CC(=O)N2CCCN(C(=O)c3ccccc3Cl)CC2)CC1. The van der Waals surface area contributed by atoms with Crippen molar-refractivity contribution in [2.24, 2.45) is 5.92 Å². The van der Waals surface area contributed by atoms with Gasteiger partial charge in [0.25, 0.3) is 5.91 Å². The molecule has 1 aromatic rings. The van der Waals surface area contributed by atoms with Crippen LogP contribution in [0.1, 0.15) is 49.4 Å². The number of amides is 2. The summed E-state index contributed by atoms with van der Waals surface area (Å²) in [6.07, 6.45) is 7.08. The number of hydrogen-bond acceptors (Lipinski definition) is 2. The van der Waals surface area contributed by atoms with E-state index >= 15 is 0 Å². The summed E-state index contributed by atoms with van der Waals surface area (Å²) in [5.41, 5.74) is 1.81. The Hall–Kier alpha value is -1.81. The molecule has 0 bridgehead atoms. The molecule has 1 saturated heterocycles. The first-order chi connectivity index (χ1) is 12.5. The number of hydrogen-bond donors (Lipinski definition) is 0. The van der Waals surface area contributed by atoms with Crippen LogP contribution in [0.15, 0.2) is 35.9 Å². The zero-order valence-electron chi connectivity index (χ0n) is 15.4. The standard InChI is InChI=1S/C21H27ClN2O2/c1-16-7-9-17(10-8-16)15-20(25)23-11-4-12-24(14-13-23)21(26)18-5-2-3-6-19(18)22/h2-3,5-6,15-16H,4,7-14H2,1H3. The summed E-state index contributed by atoms with van der Waals surface area (Å²) in [5.74, 6) is 0.816. The smallest absolute Gasteiger partial charge is 0.255 e. The van der Waals surface area contributed by atoms with Crippen molar-refractivity contribution in [2.45, 2.75) is 39.0 Å². The molecule has 5 heteroatoms. The van der Waals surface area contributed by atoms with Gasteiger partial charge in [-0.05, 0) is 50.2 Å². The van der Waals surface area contributed by atoms with Crippen LogP contribution in [-0.4, -0.2) is 47.8 Å². The monoisotopic (exact) mass is 374 g/mol. The minimum atomic E-state index is -0.0514. The van der Waals surface area contributed by atoms with E-state index in [4.69, 9.17) is 11.6 Å². The summed E-state index contributed by atoms with van der Waals surface area (Å²) < 4.78 is 0. The first-order valence-electron chi connectivity index (χ1n) is 9.57. The minimum Gasteiger partial charge on any atom is -0.337 e. The fourth-order valence-corrected chi connectivity index (χ4v) is 3.91. The zero-order chi connectivity index (χ0) is 18.5. The minimum absolute atomic E-state index is 0.0514. The molecule has 2 amide bonds. The highest BCUT2D eigenvalue weighted by molar-refractivity contribution is 6.33. The van der Waals surface area contributed by atoms with Gasteiger partial charge in [-0.3, -0.25) is 9.59 Å². The van der Waals surface area contributed by atoms with Gasteiger partial charge in [-0.2, -0.15) is 0 Å². The number of halogens is 1. The zero-order valence-corrected chi connectivity index (χ0v) is 16.2. The summed E-state index contributed by atoms with van der Waals surface area (Å²) in [6.45, 7) is 4.76. The topological polar surface area (TPSA) is 40.6 Å². The Balaban J connectivity index is 1.59. The Labute approximate surface area is 160 Å². The molecule has 1 saturated carbocycles. The van der Waals surface area contributed by atoms with Crippen molar-refractivity contribution < 1.29 is 9.59 Å². The van der Waals surface area contributed by atoms with Crippen LogP contribution in [0.2, 0.25) is 5.02 Å². The molecule has 0 unspecified atom stereocenters. The lowest BCUT2D eigenvalue weighted by atomic mass is 9.87. The average molecular weight is 375 g/mol. The van der Waals surface area contributed by atoms with Gasteiger partial charge in [-0.25, -0.2) is 0 Å². The molecule has 0 aromatic heterocycles. The van der Waals surface area contributed by atoms with E-state index in [1.807, 2.05) is 28.0 Å². The molecule has 0 spiro atoms. The van der Waals surface area contributed by atoms with Gasteiger partial charge in [0.2, 0.25) is 5.91 Å². The second kappa shape index (κ2) is 8.72. The molecule has 2 aliphatic rings. The van der Waals surface area contributed by atoms with E-state index in [1.165, 1.54) is 18.4 Å². The Morgan fingerprint density at radius 1 is 1.04 bits per heavy atom. The van der Waals surface area contributed by atoms with Crippen LogP contribution < -0.4 is 0 Å². The van der Waals surface area contributed by atoms with Crippen LogP contribution in [0.5, 0.6) is 0 Å². The molecule has 140 valence electrons. The Morgan fingerprint density at radius 3 is 2.42 bits per heavy atom. The van der Waals surface area contributed by atoms with Gasteiger partial charge in [0.05, 0.1) is 10.6 Å². The fourth-order valence-electron chi connectivity index (χ4n) is 3.69.